The lowest BCUT2D eigenvalue weighted by Gasteiger charge is -2.30. The SMILES string of the molecule is CC(C)(C)OC(=O)N=C(NC(=O)OC(C)(C)C)N1CC=C(c2ccc(NC(=O)c3ccc(C4=CCN(C(=NC(=O)OC(C)(C)C)NC(=O)OC(C)(C)C)CC4)cc3F)c(F)c2)CC1. The number of benzene rings is 2. The van der Waals surface area contributed by atoms with E-state index in [0.717, 1.165) is 11.1 Å². The molecule has 3 N–H and O–H groups in total. The number of nitrogens with one attached hydrogen (secondary N) is 3. The lowest BCUT2D eigenvalue weighted by atomic mass is 9.97. The summed E-state index contributed by atoms with van der Waals surface area (Å²) in [7, 11) is 0. The molecule has 0 saturated carbocycles. The zero-order valence-corrected chi connectivity index (χ0v) is 38.1. The van der Waals surface area contributed by atoms with Crippen LogP contribution in [0.5, 0.6) is 0 Å². The molecule has 0 fully saturated rings. The highest BCUT2D eigenvalue weighted by Crippen LogP contribution is 2.28. The van der Waals surface area contributed by atoms with Crippen molar-refractivity contribution in [2.75, 3.05) is 31.5 Å². The molecule has 18 heteroatoms. The summed E-state index contributed by atoms with van der Waals surface area (Å²) in [5, 5.41) is 7.52. The highest BCUT2D eigenvalue weighted by atomic mass is 19.1. The van der Waals surface area contributed by atoms with Crippen molar-refractivity contribution in [3.8, 4) is 0 Å². The van der Waals surface area contributed by atoms with Crippen LogP contribution in [0.4, 0.5) is 33.6 Å². The van der Waals surface area contributed by atoms with E-state index in [0.29, 0.717) is 30.5 Å². The van der Waals surface area contributed by atoms with E-state index in [2.05, 4.69) is 25.9 Å². The van der Waals surface area contributed by atoms with Gasteiger partial charge >= 0.3 is 24.4 Å². The van der Waals surface area contributed by atoms with Crippen molar-refractivity contribution in [2.24, 2.45) is 9.98 Å². The number of anilines is 1. The van der Waals surface area contributed by atoms with E-state index in [-0.39, 0.29) is 42.8 Å². The van der Waals surface area contributed by atoms with Crippen molar-refractivity contribution in [3.05, 3.63) is 76.9 Å². The number of amides is 5. The fourth-order valence-electron chi connectivity index (χ4n) is 6.04. The van der Waals surface area contributed by atoms with Gasteiger partial charge in [0.2, 0.25) is 11.9 Å². The van der Waals surface area contributed by atoms with Crippen LogP contribution in [0, 0.1) is 11.6 Å². The molecule has 63 heavy (non-hydrogen) atoms. The van der Waals surface area contributed by atoms with Crippen molar-refractivity contribution >= 4 is 59.0 Å². The number of nitrogens with zero attached hydrogens (tertiary/aromatic N) is 4. The number of halogens is 2. The molecule has 2 heterocycles. The van der Waals surface area contributed by atoms with Crippen molar-refractivity contribution in [1.82, 2.24) is 20.4 Å². The summed E-state index contributed by atoms with van der Waals surface area (Å²) in [6.45, 7) is 21.3. The standard InChI is InChI=1S/C45H59F2N7O9/c1-42(2,3)60-38(56)49-36(50-39(57)61-43(4,5)6)53-21-17-27(18-22-53)29-13-15-31(32(46)25-29)35(55)48-34-16-14-30(26-33(34)47)28-19-23-54(24-20-28)37(51-40(58)62-44(7,8)9)52-41(59)63-45(10,11)12/h13-17,19,25-26H,18,20-24H2,1-12H3,(H,48,55)(H,49,50,56,57)(H,51,52,58,59). The van der Waals surface area contributed by atoms with E-state index in [9.17, 15) is 24.0 Å². The summed E-state index contributed by atoms with van der Waals surface area (Å²) in [6.07, 6.45) is 0.909. The lowest BCUT2D eigenvalue weighted by molar-refractivity contribution is 0.0536. The molecule has 2 aliphatic rings. The molecule has 5 amide bonds. The van der Waals surface area contributed by atoms with Crippen LogP contribution in [-0.2, 0) is 18.9 Å². The van der Waals surface area contributed by atoms with E-state index >= 15 is 8.78 Å². The predicted molar refractivity (Wildman–Crippen MR) is 235 cm³/mol. The van der Waals surface area contributed by atoms with Crippen LogP contribution in [0.2, 0.25) is 0 Å². The molecule has 0 aromatic heterocycles. The molecule has 0 spiro atoms. The van der Waals surface area contributed by atoms with Gasteiger partial charge in [0.1, 0.15) is 34.0 Å². The Morgan fingerprint density at radius 1 is 0.571 bits per heavy atom. The van der Waals surface area contributed by atoms with E-state index < -0.39 is 64.3 Å². The highest BCUT2D eigenvalue weighted by Gasteiger charge is 2.27. The molecule has 0 radical (unpaired) electrons. The lowest BCUT2D eigenvalue weighted by Crippen LogP contribution is -2.48. The average molecular weight is 880 g/mol. The molecule has 0 atom stereocenters. The van der Waals surface area contributed by atoms with Crippen LogP contribution < -0.4 is 16.0 Å². The molecule has 2 aromatic rings. The second-order valence-electron chi connectivity index (χ2n) is 18.8. The number of alkyl carbamates (subject to hydrolysis) is 2. The third-order valence-corrected chi connectivity index (χ3v) is 8.60. The molecule has 2 aliphatic heterocycles. The van der Waals surface area contributed by atoms with Gasteiger partial charge in [0.05, 0.1) is 11.3 Å². The van der Waals surface area contributed by atoms with Crippen LogP contribution in [0.3, 0.4) is 0 Å². The number of ether oxygens (including phenoxy) is 4. The number of rotatable bonds is 4. The van der Waals surface area contributed by atoms with Gasteiger partial charge in [-0.2, -0.15) is 0 Å². The number of aliphatic imine (C=N–C) groups is 2. The Hall–Kier alpha value is -6.33. The number of hydrogen-bond acceptors (Lipinski definition) is 9. The quantitative estimate of drug-likeness (QED) is 0.151. The van der Waals surface area contributed by atoms with E-state index in [1.54, 1.807) is 117 Å². The second kappa shape index (κ2) is 19.8. The summed E-state index contributed by atoms with van der Waals surface area (Å²) in [5.74, 6) is -2.55. The maximum Gasteiger partial charge on any atom is 0.437 e. The van der Waals surface area contributed by atoms with Crippen molar-refractivity contribution < 1.29 is 51.7 Å². The van der Waals surface area contributed by atoms with Gasteiger partial charge in [-0.3, -0.25) is 15.4 Å². The van der Waals surface area contributed by atoms with Crippen LogP contribution in [0.1, 0.15) is 117 Å². The molecular formula is C45H59F2N7O9. The smallest absolute Gasteiger partial charge is 0.437 e. The molecule has 342 valence electrons. The third kappa shape index (κ3) is 16.1. The fraction of sp³-hybridized carbons (Fsp3) is 0.489. The monoisotopic (exact) mass is 879 g/mol. The Balaban J connectivity index is 1.43. The average Bonchev–Trinajstić information content (AvgIpc) is 3.12. The first kappa shape index (κ1) is 49.3. The number of carbonyl (C=O) groups excluding carboxylic acids is 5. The van der Waals surface area contributed by atoms with Gasteiger partial charge in [-0.05, 0) is 142 Å². The fourth-order valence-corrected chi connectivity index (χ4v) is 6.04. The molecule has 0 unspecified atom stereocenters. The highest BCUT2D eigenvalue weighted by molar-refractivity contribution is 6.05. The largest absolute Gasteiger partial charge is 0.444 e. The van der Waals surface area contributed by atoms with E-state index in [1.165, 1.54) is 24.3 Å². The number of carbonyl (C=O) groups is 5. The Morgan fingerprint density at radius 3 is 1.32 bits per heavy atom. The minimum absolute atomic E-state index is 0.0641. The van der Waals surface area contributed by atoms with Gasteiger partial charge in [0.15, 0.2) is 0 Å². The van der Waals surface area contributed by atoms with Crippen LogP contribution in [0.25, 0.3) is 11.1 Å². The van der Waals surface area contributed by atoms with Gasteiger partial charge in [0.25, 0.3) is 5.91 Å². The Morgan fingerprint density at radius 2 is 0.968 bits per heavy atom. The minimum Gasteiger partial charge on any atom is -0.444 e. The zero-order valence-electron chi connectivity index (χ0n) is 38.1. The summed E-state index contributed by atoms with van der Waals surface area (Å²) in [6, 6.07) is 8.39. The first-order valence-electron chi connectivity index (χ1n) is 20.5. The Bertz CT molecular complexity index is 2210. The third-order valence-electron chi connectivity index (χ3n) is 8.60. The number of guanidine groups is 2. The summed E-state index contributed by atoms with van der Waals surface area (Å²) >= 11 is 0. The molecule has 0 bridgehead atoms. The molecule has 16 nitrogen and oxygen atoms in total. The number of hydrogen-bond donors (Lipinski definition) is 3. The molecule has 0 aliphatic carbocycles. The maximum absolute atomic E-state index is 15.5. The first-order valence-corrected chi connectivity index (χ1v) is 20.5. The summed E-state index contributed by atoms with van der Waals surface area (Å²) < 4.78 is 52.3. The normalized spacial score (nSPS) is 15.4. The summed E-state index contributed by atoms with van der Waals surface area (Å²) in [4.78, 5) is 74.8. The van der Waals surface area contributed by atoms with E-state index in [1.807, 2.05) is 0 Å². The zero-order chi connectivity index (χ0) is 47.1. The van der Waals surface area contributed by atoms with Gasteiger partial charge in [-0.15, -0.1) is 9.98 Å². The van der Waals surface area contributed by atoms with Crippen LogP contribution in [0.15, 0.2) is 58.5 Å². The van der Waals surface area contributed by atoms with Crippen molar-refractivity contribution in [3.63, 3.8) is 0 Å². The Labute approximate surface area is 367 Å². The van der Waals surface area contributed by atoms with Crippen LogP contribution in [-0.4, -0.2) is 101 Å². The summed E-state index contributed by atoms with van der Waals surface area (Å²) in [5.41, 5.74) is -1.14. The van der Waals surface area contributed by atoms with Gasteiger partial charge < -0.3 is 34.1 Å². The first-order chi connectivity index (χ1) is 29.0. The topological polar surface area (TPSA) is 190 Å². The molecular weight excluding hydrogens is 821 g/mol. The molecule has 0 saturated heterocycles. The van der Waals surface area contributed by atoms with Crippen molar-refractivity contribution in [1.29, 1.82) is 0 Å². The van der Waals surface area contributed by atoms with Gasteiger partial charge in [-0.25, -0.2) is 28.0 Å². The van der Waals surface area contributed by atoms with E-state index in [4.69, 9.17) is 18.9 Å². The van der Waals surface area contributed by atoms with Gasteiger partial charge in [0, 0.05) is 26.2 Å². The van der Waals surface area contributed by atoms with Gasteiger partial charge in [-0.1, -0.05) is 24.3 Å². The Kier molecular flexibility index (Phi) is 15.5. The molecule has 2 aromatic carbocycles. The predicted octanol–water partition coefficient (Wildman–Crippen LogP) is 9.03. The van der Waals surface area contributed by atoms with Crippen LogP contribution >= 0.6 is 0 Å². The molecule has 4 rings (SSSR count). The van der Waals surface area contributed by atoms with Crippen molar-refractivity contribution in [2.45, 2.75) is 118 Å². The minimum atomic E-state index is -0.903. The maximum atomic E-state index is 15.5. The second-order valence-corrected chi connectivity index (χ2v) is 18.8.